The maximum atomic E-state index is 12.2. The Kier molecular flexibility index (Phi) is 18.1. The van der Waals surface area contributed by atoms with Crippen LogP contribution in [0.3, 0.4) is 0 Å². The third-order valence-electron chi connectivity index (χ3n) is 8.09. The zero-order chi connectivity index (χ0) is 35.5. The smallest absolute Gasteiger partial charge is 0.389 e. The number of nitrogens with one attached hydrogen (secondary N) is 2. The molecule has 4 heterocycles. The van der Waals surface area contributed by atoms with Crippen LogP contribution in [0.2, 0.25) is 0 Å². The summed E-state index contributed by atoms with van der Waals surface area (Å²) in [6.45, 7) is 3.22. The number of alkyl halides is 3. The number of fused-ring (bicyclic) bond motifs is 1. The van der Waals surface area contributed by atoms with Crippen LogP contribution < -0.4 is 5.43 Å². The van der Waals surface area contributed by atoms with E-state index in [1.54, 1.807) is 5.38 Å². The fourth-order valence-electron chi connectivity index (χ4n) is 5.46. The number of H-pyrrole nitrogens is 1. The number of thiol groups is 1. The fourth-order valence-corrected chi connectivity index (χ4v) is 6.66. The third-order valence-corrected chi connectivity index (χ3v) is 9.66. The van der Waals surface area contributed by atoms with Gasteiger partial charge in [0, 0.05) is 42.3 Å². The van der Waals surface area contributed by atoms with Crippen LogP contribution in [0.4, 0.5) is 13.2 Å². The number of aromatic amines is 1. The van der Waals surface area contributed by atoms with Crippen LogP contribution >= 0.6 is 36.2 Å². The van der Waals surface area contributed by atoms with Crippen molar-refractivity contribution in [1.29, 1.82) is 0 Å². The van der Waals surface area contributed by atoms with Crippen molar-refractivity contribution in [3.05, 3.63) is 51.9 Å². The van der Waals surface area contributed by atoms with Gasteiger partial charge in [-0.1, -0.05) is 96.2 Å². The van der Waals surface area contributed by atoms with E-state index in [4.69, 9.17) is 17.3 Å². The number of aryl methyl sites for hydroxylation is 1. The van der Waals surface area contributed by atoms with Crippen LogP contribution in [-0.4, -0.2) is 48.4 Å². The predicted octanol–water partition coefficient (Wildman–Crippen LogP) is 11.2. The highest BCUT2D eigenvalue weighted by Crippen LogP contribution is 2.25. The number of aromatic carboxylic acids is 1. The second kappa shape index (κ2) is 22.0. The minimum Gasteiger partial charge on any atom is -0.478 e. The van der Waals surface area contributed by atoms with Crippen molar-refractivity contribution in [3.63, 3.8) is 0 Å². The van der Waals surface area contributed by atoms with Crippen molar-refractivity contribution < 1.29 is 23.1 Å². The van der Waals surface area contributed by atoms with Crippen molar-refractivity contribution >= 4 is 53.2 Å². The third kappa shape index (κ3) is 15.2. The van der Waals surface area contributed by atoms with Gasteiger partial charge in [0.05, 0.1) is 0 Å². The maximum absolute atomic E-state index is 12.2. The van der Waals surface area contributed by atoms with Gasteiger partial charge < -0.3 is 15.5 Å². The average Bonchev–Trinajstić information content (AvgIpc) is 3.66. The number of pyridine rings is 1. The average molecular weight is 739 g/mol. The van der Waals surface area contributed by atoms with Crippen LogP contribution in [-0.2, 0) is 6.42 Å². The molecule has 0 amide bonds. The molecule has 4 rings (SSSR count). The Hall–Kier alpha value is -2.97. The van der Waals surface area contributed by atoms with Crippen molar-refractivity contribution in [2.24, 2.45) is 0 Å². The molecule has 0 atom stereocenters. The van der Waals surface area contributed by atoms with Gasteiger partial charge in [-0.2, -0.15) is 13.2 Å². The topological polar surface area (TPSA) is 109 Å². The van der Waals surface area contributed by atoms with E-state index in [2.05, 4.69) is 61.9 Å². The minimum atomic E-state index is -4.00. The Morgan fingerprint density at radius 2 is 1.65 bits per heavy atom. The molecule has 4 aromatic heterocycles. The summed E-state index contributed by atoms with van der Waals surface area (Å²) in [4.78, 5) is 26.1. The van der Waals surface area contributed by atoms with E-state index in [1.165, 1.54) is 79.8 Å². The Bertz CT molecular complexity index is 1610. The molecule has 0 aliphatic heterocycles. The molecule has 0 aliphatic carbocycles. The van der Waals surface area contributed by atoms with E-state index >= 15 is 0 Å². The highest BCUT2D eigenvalue weighted by molar-refractivity contribution is 7.80. The molecule has 0 saturated carbocycles. The zero-order valence-electron chi connectivity index (χ0n) is 28.2. The van der Waals surface area contributed by atoms with Crippen LogP contribution in [0.25, 0.3) is 21.9 Å². The van der Waals surface area contributed by atoms with Crippen LogP contribution in [0.1, 0.15) is 126 Å². The molecule has 0 aromatic carbocycles. The molecule has 0 radical (unpaired) electrons. The molecule has 49 heavy (non-hydrogen) atoms. The summed E-state index contributed by atoms with van der Waals surface area (Å²) >= 11 is 10.3. The van der Waals surface area contributed by atoms with E-state index in [0.717, 1.165) is 50.7 Å². The summed E-state index contributed by atoms with van der Waals surface area (Å²) in [5.41, 5.74) is 5.83. The van der Waals surface area contributed by atoms with E-state index in [-0.39, 0.29) is 16.6 Å². The number of hydrogen-bond donors (Lipinski definition) is 4. The maximum Gasteiger partial charge on any atom is 0.389 e. The molecule has 0 spiro atoms. The van der Waals surface area contributed by atoms with Crippen LogP contribution in [0, 0.1) is 4.64 Å². The van der Waals surface area contributed by atoms with E-state index in [1.807, 2.05) is 12.3 Å². The van der Waals surface area contributed by atoms with Gasteiger partial charge in [0.15, 0.2) is 16.5 Å². The summed E-state index contributed by atoms with van der Waals surface area (Å²) < 4.78 is 38.7. The SMILES string of the molecule is CCCCCCCCCCNn1cc(CCCCCCCCCC(F)(F)F)c2cccnc21.O=C(O)c1cnc(-c2nc(S)cs2)[nH]c1=S. The van der Waals surface area contributed by atoms with E-state index in [0.29, 0.717) is 22.3 Å². The first-order chi connectivity index (χ1) is 23.6. The largest absolute Gasteiger partial charge is 0.478 e. The van der Waals surface area contributed by atoms with Crippen LogP contribution in [0.5, 0.6) is 0 Å². The highest BCUT2D eigenvalue weighted by atomic mass is 32.1. The highest BCUT2D eigenvalue weighted by Gasteiger charge is 2.25. The Labute approximate surface area is 301 Å². The first kappa shape index (κ1) is 40.5. The van der Waals surface area contributed by atoms with Gasteiger partial charge >= 0.3 is 12.1 Å². The van der Waals surface area contributed by atoms with Crippen molar-refractivity contribution in [3.8, 4) is 10.8 Å². The normalized spacial score (nSPS) is 11.4. The van der Waals surface area contributed by atoms with Gasteiger partial charge in [-0.15, -0.1) is 24.0 Å². The van der Waals surface area contributed by atoms with Gasteiger partial charge in [-0.05, 0) is 43.4 Å². The van der Waals surface area contributed by atoms with Crippen molar-refractivity contribution in [1.82, 2.24) is 24.6 Å². The number of halogens is 3. The first-order valence-electron chi connectivity index (χ1n) is 17.3. The molecule has 8 nitrogen and oxygen atoms in total. The second-order valence-electron chi connectivity index (χ2n) is 12.2. The molecular formula is C35H49F3N6O2S3. The number of rotatable bonds is 21. The molecule has 4 aromatic rings. The number of unbranched alkanes of at least 4 members (excludes halogenated alkanes) is 13. The standard InChI is InChI=1S/C27H44F3N3.C8H5N3O2S3/c1-2-3-4-5-6-10-13-16-22-32-33-23-24(25-19-17-21-31-26(25)33)18-14-11-8-7-9-12-15-20-27(28,29)30;12-8(13)3-1-9-5(11-6(3)15)7-10-4(14)2-16-7/h17,19,21,23,32H,2-16,18,20,22H2,1H3;1-2,14H,(H,12,13)(H,9,11,15). The Morgan fingerprint density at radius 3 is 2.27 bits per heavy atom. The van der Waals surface area contributed by atoms with Gasteiger partial charge in [0.1, 0.15) is 15.2 Å². The fraction of sp³-hybridized carbons (Fsp3) is 0.571. The zero-order valence-corrected chi connectivity index (χ0v) is 30.8. The quantitative estimate of drug-likeness (QED) is 0.0383. The minimum absolute atomic E-state index is 0.0265. The first-order valence-corrected chi connectivity index (χ1v) is 19.1. The predicted molar refractivity (Wildman–Crippen MR) is 198 cm³/mol. The summed E-state index contributed by atoms with van der Waals surface area (Å²) in [6.07, 6.45) is 18.4. The lowest BCUT2D eigenvalue weighted by molar-refractivity contribution is -0.135. The molecule has 270 valence electrons. The lowest BCUT2D eigenvalue weighted by Gasteiger charge is -2.08. The molecular weight excluding hydrogens is 690 g/mol. The monoisotopic (exact) mass is 738 g/mol. The summed E-state index contributed by atoms with van der Waals surface area (Å²) in [5, 5.41) is 13.0. The van der Waals surface area contributed by atoms with E-state index < -0.39 is 18.6 Å². The summed E-state index contributed by atoms with van der Waals surface area (Å²) in [6, 6.07) is 4.14. The van der Waals surface area contributed by atoms with Gasteiger partial charge in [-0.3, -0.25) is 0 Å². The molecule has 3 N–H and O–H groups in total. The number of nitrogens with zero attached hydrogens (tertiary/aromatic N) is 4. The number of carboxylic acid groups (broad SMARTS) is 1. The summed E-state index contributed by atoms with van der Waals surface area (Å²) in [7, 11) is 0. The number of carbonyl (C=O) groups is 1. The van der Waals surface area contributed by atoms with Crippen molar-refractivity contribution in [2.75, 3.05) is 12.0 Å². The lowest BCUT2D eigenvalue weighted by atomic mass is 10.0. The van der Waals surface area contributed by atoms with E-state index in [9.17, 15) is 18.0 Å². The molecule has 0 bridgehead atoms. The number of hydrogen-bond acceptors (Lipinski definition) is 8. The number of thiazole rings is 1. The Morgan fingerprint density at radius 1 is 1.00 bits per heavy atom. The molecule has 0 aliphatic rings. The lowest BCUT2D eigenvalue weighted by Crippen LogP contribution is -2.15. The molecule has 0 fully saturated rings. The second-order valence-corrected chi connectivity index (χ2v) is 13.9. The molecule has 14 heteroatoms. The molecule has 0 saturated heterocycles. The number of aromatic nitrogens is 5. The van der Waals surface area contributed by atoms with Crippen molar-refractivity contribution in [2.45, 2.75) is 127 Å². The van der Waals surface area contributed by atoms with Crippen LogP contribution in [0.15, 0.2) is 41.1 Å². The number of carboxylic acids is 1. The van der Waals surface area contributed by atoms with Gasteiger partial charge in [0.2, 0.25) is 0 Å². The van der Waals surface area contributed by atoms with Gasteiger partial charge in [-0.25, -0.2) is 24.4 Å². The molecule has 0 unspecified atom stereocenters. The summed E-state index contributed by atoms with van der Waals surface area (Å²) in [5.74, 6) is -0.658. The Balaban J connectivity index is 0.000000337. The van der Waals surface area contributed by atoms with Gasteiger partial charge in [0.25, 0.3) is 0 Å².